The standard InChI is InChI=1S/C14H22N2O4S/c1-10(9-17)4-3-5-16-14(18)11-6-12(15)8-13(7-11)21(2,19)20/h6-8,10,17H,3-5,9,15H2,1-2H3,(H,16,18). The second-order valence-electron chi connectivity index (χ2n) is 5.25. The van der Waals surface area contributed by atoms with Crippen LogP contribution in [-0.4, -0.2) is 38.8 Å². The van der Waals surface area contributed by atoms with Crippen molar-refractivity contribution < 1.29 is 18.3 Å². The molecule has 0 radical (unpaired) electrons. The smallest absolute Gasteiger partial charge is 0.251 e. The van der Waals surface area contributed by atoms with Crippen LogP contribution in [-0.2, 0) is 9.84 Å². The minimum absolute atomic E-state index is 0.0292. The molecule has 1 amide bonds. The van der Waals surface area contributed by atoms with Gasteiger partial charge in [0.1, 0.15) is 0 Å². The van der Waals surface area contributed by atoms with Crippen molar-refractivity contribution in [3.63, 3.8) is 0 Å². The van der Waals surface area contributed by atoms with E-state index in [1.165, 1.54) is 18.2 Å². The van der Waals surface area contributed by atoms with Gasteiger partial charge in [-0.1, -0.05) is 6.92 Å². The summed E-state index contributed by atoms with van der Waals surface area (Å²) in [4.78, 5) is 12.0. The molecule has 0 bridgehead atoms. The maximum absolute atomic E-state index is 12.0. The molecule has 1 rings (SSSR count). The lowest BCUT2D eigenvalue weighted by Crippen LogP contribution is -2.25. The molecule has 0 aliphatic heterocycles. The van der Waals surface area contributed by atoms with Gasteiger partial charge in [-0.15, -0.1) is 0 Å². The minimum Gasteiger partial charge on any atom is -0.399 e. The minimum atomic E-state index is -3.41. The molecule has 118 valence electrons. The summed E-state index contributed by atoms with van der Waals surface area (Å²) in [6.07, 6.45) is 2.62. The van der Waals surface area contributed by atoms with Gasteiger partial charge in [0, 0.05) is 30.7 Å². The average molecular weight is 314 g/mol. The van der Waals surface area contributed by atoms with Crippen molar-refractivity contribution >= 4 is 21.4 Å². The van der Waals surface area contributed by atoms with Gasteiger partial charge in [-0.25, -0.2) is 8.42 Å². The van der Waals surface area contributed by atoms with Crippen molar-refractivity contribution in [2.45, 2.75) is 24.7 Å². The normalized spacial score (nSPS) is 12.9. The van der Waals surface area contributed by atoms with Crippen molar-refractivity contribution in [1.82, 2.24) is 5.32 Å². The number of hydrogen-bond acceptors (Lipinski definition) is 5. The number of hydrogen-bond donors (Lipinski definition) is 3. The molecule has 1 aromatic carbocycles. The number of rotatable bonds is 7. The maximum atomic E-state index is 12.0. The Morgan fingerprint density at radius 3 is 2.62 bits per heavy atom. The first-order valence-electron chi connectivity index (χ1n) is 6.73. The molecule has 21 heavy (non-hydrogen) atoms. The third-order valence-electron chi connectivity index (χ3n) is 3.09. The van der Waals surface area contributed by atoms with Crippen LogP contribution in [0.1, 0.15) is 30.1 Å². The molecule has 0 aliphatic carbocycles. The van der Waals surface area contributed by atoms with E-state index in [0.717, 1.165) is 19.1 Å². The molecule has 0 heterocycles. The summed E-state index contributed by atoms with van der Waals surface area (Å²) in [7, 11) is -3.41. The van der Waals surface area contributed by atoms with Crippen molar-refractivity contribution in [1.29, 1.82) is 0 Å². The summed E-state index contributed by atoms with van der Waals surface area (Å²) < 4.78 is 23.0. The Kier molecular flexibility index (Phi) is 6.17. The Bertz CT molecular complexity index is 599. The van der Waals surface area contributed by atoms with E-state index in [0.29, 0.717) is 6.54 Å². The fourth-order valence-electron chi connectivity index (χ4n) is 1.81. The fourth-order valence-corrected chi connectivity index (χ4v) is 2.50. The summed E-state index contributed by atoms with van der Waals surface area (Å²) in [6, 6.07) is 4.09. The van der Waals surface area contributed by atoms with E-state index in [2.05, 4.69) is 5.32 Å². The van der Waals surface area contributed by atoms with Gasteiger partial charge in [-0.2, -0.15) is 0 Å². The van der Waals surface area contributed by atoms with E-state index in [4.69, 9.17) is 10.8 Å². The number of aliphatic hydroxyl groups excluding tert-OH is 1. The summed E-state index contributed by atoms with van der Waals surface area (Å²) in [5.74, 6) is -0.157. The molecule has 7 heteroatoms. The van der Waals surface area contributed by atoms with Crippen LogP contribution in [0.5, 0.6) is 0 Å². The highest BCUT2D eigenvalue weighted by atomic mass is 32.2. The molecule has 0 saturated carbocycles. The number of sulfone groups is 1. The maximum Gasteiger partial charge on any atom is 0.251 e. The number of benzene rings is 1. The van der Waals surface area contributed by atoms with E-state index >= 15 is 0 Å². The van der Waals surface area contributed by atoms with Crippen molar-refractivity contribution in [2.24, 2.45) is 5.92 Å². The third kappa shape index (κ3) is 5.73. The van der Waals surface area contributed by atoms with Crippen molar-refractivity contribution in [2.75, 3.05) is 25.1 Å². The molecule has 0 aliphatic rings. The van der Waals surface area contributed by atoms with Gasteiger partial charge >= 0.3 is 0 Å². The van der Waals surface area contributed by atoms with Crippen LogP contribution in [0.2, 0.25) is 0 Å². The average Bonchev–Trinajstić information content (AvgIpc) is 2.41. The Morgan fingerprint density at radius 1 is 1.38 bits per heavy atom. The first-order chi connectivity index (χ1) is 9.74. The Balaban J connectivity index is 2.69. The zero-order valence-electron chi connectivity index (χ0n) is 12.3. The highest BCUT2D eigenvalue weighted by Gasteiger charge is 2.13. The van der Waals surface area contributed by atoms with Gasteiger partial charge in [-0.05, 0) is 37.0 Å². The van der Waals surface area contributed by atoms with Crippen LogP contribution < -0.4 is 11.1 Å². The molecule has 0 spiro atoms. The van der Waals surface area contributed by atoms with Gasteiger partial charge in [0.25, 0.3) is 5.91 Å². The van der Waals surface area contributed by atoms with Crippen LogP contribution in [0.3, 0.4) is 0 Å². The number of nitrogen functional groups attached to an aromatic ring is 1. The molecular formula is C14H22N2O4S. The molecule has 0 fully saturated rings. The van der Waals surface area contributed by atoms with Gasteiger partial charge < -0.3 is 16.2 Å². The van der Waals surface area contributed by atoms with Crippen molar-refractivity contribution in [3.8, 4) is 0 Å². The number of carbonyl (C=O) groups excluding carboxylic acids is 1. The quantitative estimate of drug-likeness (QED) is 0.509. The molecule has 1 unspecified atom stereocenters. The van der Waals surface area contributed by atoms with Crippen LogP contribution in [0, 0.1) is 5.92 Å². The largest absolute Gasteiger partial charge is 0.399 e. The number of nitrogens with one attached hydrogen (secondary N) is 1. The van der Waals surface area contributed by atoms with Gasteiger partial charge in [0.2, 0.25) is 0 Å². The number of aliphatic hydroxyl groups is 1. The van der Waals surface area contributed by atoms with E-state index in [-0.39, 0.29) is 34.6 Å². The third-order valence-corrected chi connectivity index (χ3v) is 4.18. The summed E-state index contributed by atoms with van der Waals surface area (Å²) in [5.41, 5.74) is 6.09. The zero-order valence-corrected chi connectivity index (χ0v) is 13.1. The zero-order chi connectivity index (χ0) is 16.0. The molecule has 0 saturated heterocycles. The monoisotopic (exact) mass is 314 g/mol. The number of nitrogens with two attached hydrogens (primary N) is 1. The van der Waals surface area contributed by atoms with Crippen LogP contribution in [0.25, 0.3) is 0 Å². The molecular weight excluding hydrogens is 292 g/mol. The molecule has 1 aromatic rings. The van der Waals surface area contributed by atoms with Crippen molar-refractivity contribution in [3.05, 3.63) is 23.8 Å². The van der Waals surface area contributed by atoms with Gasteiger partial charge in [0.15, 0.2) is 9.84 Å². The predicted octanol–water partition coefficient (Wildman–Crippen LogP) is 0.811. The van der Waals surface area contributed by atoms with E-state index < -0.39 is 9.84 Å². The van der Waals surface area contributed by atoms with Crippen LogP contribution in [0.4, 0.5) is 5.69 Å². The second kappa shape index (κ2) is 7.42. The lowest BCUT2D eigenvalue weighted by molar-refractivity contribution is 0.0952. The second-order valence-corrected chi connectivity index (χ2v) is 7.26. The predicted molar refractivity (Wildman–Crippen MR) is 81.8 cm³/mol. The Morgan fingerprint density at radius 2 is 2.05 bits per heavy atom. The highest BCUT2D eigenvalue weighted by molar-refractivity contribution is 7.90. The molecule has 4 N–H and O–H groups in total. The number of amides is 1. The number of carbonyl (C=O) groups is 1. The molecule has 0 aromatic heterocycles. The number of anilines is 1. The lowest BCUT2D eigenvalue weighted by Gasteiger charge is -2.09. The summed E-state index contributed by atoms with van der Waals surface area (Å²) in [6.45, 7) is 2.52. The SMILES string of the molecule is CC(CO)CCCNC(=O)c1cc(N)cc(S(C)(=O)=O)c1. The Labute approximate surface area is 125 Å². The lowest BCUT2D eigenvalue weighted by atomic mass is 10.1. The van der Waals surface area contributed by atoms with E-state index in [9.17, 15) is 13.2 Å². The van der Waals surface area contributed by atoms with E-state index in [1.54, 1.807) is 0 Å². The first kappa shape index (κ1) is 17.5. The first-order valence-corrected chi connectivity index (χ1v) is 8.63. The topological polar surface area (TPSA) is 109 Å². The van der Waals surface area contributed by atoms with Gasteiger partial charge in [-0.3, -0.25) is 4.79 Å². The highest BCUT2D eigenvalue weighted by Crippen LogP contribution is 2.16. The van der Waals surface area contributed by atoms with Crippen LogP contribution >= 0.6 is 0 Å². The van der Waals surface area contributed by atoms with Crippen LogP contribution in [0.15, 0.2) is 23.1 Å². The summed E-state index contributed by atoms with van der Waals surface area (Å²) in [5, 5.41) is 11.6. The molecule has 6 nitrogen and oxygen atoms in total. The van der Waals surface area contributed by atoms with E-state index in [1.807, 2.05) is 6.92 Å². The van der Waals surface area contributed by atoms with Gasteiger partial charge in [0.05, 0.1) is 4.90 Å². The fraction of sp³-hybridized carbons (Fsp3) is 0.500. The Hall–Kier alpha value is -1.60. The molecule has 1 atom stereocenters. The summed E-state index contributed by atoms with van der Waals surface area (Å²) >= 11 is 0.